The topological polar surface area (TPSA) is 88.6 Å². The highest BCUT2D eigenvalue weighted by Crippen LogP contribution is 2.31. The van der Waals surface area contributed by atoms with E-state index in [1.807, 2.05) is 0 Å². The molecular formula is C22H17F4N3O4S. The first-order valence-electron chi connectivity index (χ1n) is 9.67. The number of carbonyl (C=O) groups is 3. The Kier molecular flexibility index (Phi) is 7.61. The smallest absolute Gasteiger partial charge is 0.416 e. The monoisotopic (exact) mass is 495 g/mol. The van der Waals surface area contributed by atoms with E-state index in [1.165, 1.54) is 30.5 Å². The summed E-state index contributed by atoms with van der Waals surface area (Å²) in [6.07, 6.45) is -4.52. The molecule has 0 aliphatic rings. The van der Waals surface area contributed by atoms with Gasteiger partial charge in [-0.1, -0.05) is 12.1 Å². The zero-order valence-corrected chi connectivity index (χ0v) is 18.4. The second-order valence-corrected chi connectivity index (χ2v) is 7.68. The maximum Gasteiger partial charge on any atom is 0.416 e. The molecule has 2 amide bonds. The van der Waals surface area contributed by atoms with Crippen molar-refractivity contribution in [3.8, 4) is 0 Å². The van der Waals surface area contributed by atoms with Crippen LogP contribution in [0, 0.1) is 5.82 Å². The van der Waals surface area contributed by atoms with E-state index >= 15 is 0 Å². The Balaban J connectivity index is 1.54. The summed E-state index contributed by atoms with van der Waals surface area (Å²) in [7, 11) is 0. The van der Waals surface area contributed by atoms with Crippen molar-refractivity contribution in [3.63, 3.8) is 0 Å². The van der Waals surface area contributed by atoms with Gasteiger partial charge in [-0.05, 0) is 36.4 Å². The van der Waals surface area contributed by atoms with Crippen molar-refractivity contribution >= 4 is 39.9 Å². The van der Waals surface area contributed by atoms with E-state index in [2.05, 4.69) is 10.3 Å². The molecule has 34 heavy (non-hydrogen) atoms. The number of hydrogen-bond acceptors (Lipinski definition) is 6. The van der Waals surface area contributed by atoms with Crippen molar-refractivity contribution in [3.05, 3.63) is 76.5 Å². The van der Waals surface area contributed by atoms with E-state index in [-0.39, 0.29) is 23.0 Å². The summed E-state index contributed by atoms with van der Waals surface area (Å²) in [4.78, 5) is 41.3. The summed E-state index contributed by atoms with van der Waals surface area (Å²) < 4.78 is 56.9. The van der Waals surface area contributed by atoms with Crippen molar-refractivity contribution in [2.75, 3.05) is 11.4 Å². The minimum Gasteiger partial charge on any atom is -0.458 e. The van der Waals surface area contributed by atoms with Crippen LogP contribution in [-0.2, 0) is 27.1 Å². The lowest BCUT2D eigenvalue weighted by atomic mass is 10.1. The second kappa shape index (κ2) is 10.4. The van der Waals surface area contributed by atoms with Crippen LogP contribution in [0.1, 0.15) is 28.5 Å². The lowest BCUT2D eigenvalue weighted by Crippen LogP contribution is -2.30. The molecule has 0 fully saturated rings. The molecule has 1 heterocycles. The number of hydrogen-bond donors (Lipinski definition) is 1. The number of amides is 2. The summed E-state index contributed by atoms with van der Waals surface area (Å²) in [5, 5.41) is 3.96. The molecule has 7 nitrogen and oxygen atoms in total. The number of carbonyl (C=O) groups excluding carboxylic acids is 3. The van der Waals surface area contributed by atoms with Crippen molar-refractivity contribution in [1.82, 2.24) is 10.3 Å². The number of esters is 1. The van der Waals surface area contributed by atoms with E-state index < -0.39 is 41.9 Å². The number of nitrogens with one attached hydrogen (secondary N) is 1. The van der Waals surface area contributed by atoms with Gasteiger partial charge in [-0.15, -0.1) is 11.3 Å². The molecule has 1 N–H and O–H groups in total. The van der Waals surface area contributed by atoms with E-state index in [4.69, 9.17) is 4.74 Å². The normalized spacial score (nSPS) is 11.1. The Labute approximate surface area is 195 Å². The third kappa shape index (κ3) is 6.16. The third-order valence-corrected chi connectivity index (χ3v) is 5.26. The molecule has 12 heteroatoms. The standard InChI is InChI=1S/C22H17F4N3O4S/c1-13(30)29(18-5-3-2-4-17(18)23)21-28-16(12-34-21)11-33-19(31)10-27-20(32)14-6-8-15(9-7-14)22(24,25)26/h2-9,12H,10-11H2,1H3,(H,27,32). The van der Waals surface area contributed by atoms with Crippen LogP contribution in [0.2, 0.25) is 0 Å². The van der Waals surface area contributed by atoms with Crippen LogP contribution in [0.4, 0.5) is 28.4 Å². The lowest BCUT2D eigenvalue weighted by Gasteiger charge is -2.18. The molecule has 0 spiro atoms. The van der Waals surface area contributed by atoms with Crippen LogP contribution in [0.25, 0.3) is 0 Å². The van der Waals surface area contributed by atoms with Crippen molar-refractivity contribution in [2.45, 2.75) is 19.7 Å². The van der Waals surface area contributed by atoms with Gasteiger partial charge >= 0.3 is 12.1 Å². The minimum absolute atomic E-state index is 0.0267. The number of benzene rings is 2. The van der Waals surface area contributed by atoms with Crippen molar-refractivity contribution < 1.29 is 36.7 Å². The highest BCUT2D eigenvalue weighted by atomic mass is 32.1. The van der Waals surface area contributed by atoms with Gasteiger partial charge in [-0.3, -0.25) is 19.3 Å². The van der Waals surface area contributed by atoms with Crippen molar-refractivity contribution in [2.24, 2.45) is 0 Å². The molecule has 3 aromatic rings. The number of alkyl halides is 3. The minimum atomic E-state index is -4.52. The number of nitrogens with zero attached hydrogens (tertiary/aromatic N) is 2. The maximum atomic E-state index is 14.1. The Morgan fingerprint density at radius 1 is 1.09 bits per heavy atom. The summed E-state index contributed by atoms with van der Waals surface area (Å²) in [6, 6.07) is 9.21. The highest BCUT2D eigenvalue weighted by molar-refractivity contribution is 7.14. The molecule has 0 radical (unpaired) electrons. The second-order valence-electron chi connectivity index (χ2n) is 6.85. The van der Waals surface area contributed by atoms with Crippen LogP contribution >= 0.6 is 11.3 Å². The van der Waals surface area contributed by atoms with Gasteiger partial charge < -0.3 is 10.1 Å². The molecule has 0 saturated carbocycles. The van der Waals surface area contributed by atoms with E-state index in [0.717, 1.165) is 40.5 Å². The zero-order chi connectivity index (χ0) is 24.9. The fourth-order valence-corrected chi connectivity index (χ4v) is 3.64. The van der Waals surface area contributed by atoms with Gasteiger partial charge in [0.1, 0.15) is 19.0 Å². The maximum absolute atomic E-state index is 14.1. The Morgan fingerprint density at radius 3 is 2.38 bits per heavy atom. The summed E-state index contributed by atoms with van der Waals surface area (Å²) in [5.74, 6) is -2.63. The first kappa shape index (κ1) is 24.8. The Morgan fingerprint density at radius 2 is 1.76 bits per heavy atom. The van der Waals surface area contributed by atoms with Gasteiger partial charge in [0, 0.05) is 17.9 Å². The lowest BCUT2D eigenvalue weighted by molar-refractivity contribution is -0.143. The van der Waals surface area contributed by atoms with Crippen LogP contribution in [0.15, 0.2) is 53.9 Å². The number of anilines is 2. The van der Waals surface area contributed by atoms with Crippen LogP contribution in [-0.4, -0.2) is 29.3 Å². The largest absolute Gasteiger partial charge is 0.458 e. The zero-order valence-electron chi connectivity index (χ0n) is 17.6. The van der Waals surface area contributed by atoms with Gasteiger partial charge in [0.15, 0.2) is 5.13 Å². The highest BCUT2D eigenvalue weighted by Gasteiger charge is 2.30. The molecule has 3 rings (SSSR count). The molecule has 0 bridgehead atoms. The summed E-state index contributed by atoms with van der Waals surface area (Å²) in [6.45, 7) is 0.465. The van der Waals surface area contributed by atoms with Crippen molar-refractivity contribution in [1.29, 1.82) is 0 Å². The van der Waals surface area contributed by atoms with Crippen LogP contribution in [0.3, 0.4) is 0 Å². The van der Waals surface area contributed by atoms with Crippen LogP contribution in [0.5, 0.6) is 0 Å². The molecule has 0 atom stereocenters. The number of thiazole rings is 1. The fourth-order valence-electron chi connectivity index (χ4n) is 2.78. The fraction of sp³-hybridized carbons (Fsp3) is 0.182. The number of aromatic nitrogens is 1. The predicted octanol–water partition coefficient (Wildman–Crippen LogP) is 4.46. The Bertz CT molecular complexity index is 1200. The van der Waals surface area contributed by atoms with E-state index in [0.29, 0.717) is 5.69 Å². The van der Waals surface area contributed by atoms with Gasteiger partial charge in [0.2, 0.25) is 5.91 Å². The third-order valence-electron chi connectivity index (χ3n) is 4.39. The molecule has 0 saturated heterocycles. The van der Waals surface area contributed by atoms with Gasteiger partial charge in [0.05, 0.1) is 16.9 Å². The van der Waals surface area contributed by atoms with Crippen LogP contribution < -0.4 is 10.2 Å². The Hall–Kier alpha value is -3.80. The first-order valence-corrected chi connectivity index (χ1v) is 10.5. The number of rotatable bonds is 7. The number of halogens is 4. The molecule has 0 unspecified atom stereocenters. The summed E-state index contributed by atoms with van der Waals surface area (Å²) in [5.41, 5.74) is -0.629. The number of ether oxygens (including phenoxy) is 1. The van der Waals surface area contributed by atoms with E-state index in [9.17, 15) is 31.9 Å². The predicted molar refractivity (Wildman–Crippen MR) is 115 cm³/mol. The average molecular weight is 495 g/mol. The SMILES string of the molecule is CC(=O)N(c1nc(COC(=O)CNC(=O)c2ccc(C(F)(F)F)cc2)cs1)c1ccccc1F. The average Bonchev–Trinajstić information content (AvgIpc) is 3.25. The van der Waals surface area contributed by atoms with E-state index in [1.54, 1.807) is 6.07 Å². The molecule has 0 aliphatic carbocycles. The molecule has 1 aromatic heterocycles. The first-order chi connectivity index (χ1) is 16.1. The molecule has 2 aromatic carbocycles. The molecule has 178 valence electrons. The molecular weight excluding hydrogens is 478 g/mol. The van der Waals surface area contributed by atoms with Gasteiger partial charge in [-0.2, -0.15) is 13.2 Å². The number of para-hydroxylation sites is 1. The summed E-state index contributed by atoms with van der Waals surface area (Å²) >= 11 is 1.05. The van der Waals surface area contributed by atoms with Gasteiger partial charge in [0.25, 0.3) is 5.91 Å². The van der Waals surface area contributed by atoms with Gasteiger partial charge in [-0.25, -0.2) is 9.37 Å². The molecule has 0 aliphatic heterocycles. The quantitative estimate of drug-likeness (QED) is 0.386.